The highest BCUT2D eigenvalue weighted by Gasteiger charge is 2.47. The van der Waals surface area contributed by atoms with Crippen LogP contribution in [0.4, 0.5) is 0 Å². The molecule has 28 heavy (non-hydrogen) atoms. The number of carbonyl (C=O) groups excluding carboxylic acids is 4. The molecule has 1 fully saturated rings. The van der Waals surface area contributed by atoms with Gasteiger partial charge in [0.25, 0.3) is 17.7 Å². The second-order valence-corrected chi connectivity index (χ2v) is 6.72. The summed E-state index contributed by atoms with van der Waals surface area (Å²) in [6.07, 6.45) is 0.955. The van der Waals surface area contributed by atoms with E-state index in [1.165, 1.54) is 4.68 Å². The number of amides is 4. The lowest BCUT2D eigenvalue weighted by Crippen LogP contribution is -2.55. The minimum Gasteiger partial charge on any atom is -0.274 e. The number of tetrazole rings is 1. The van der Waals surface area contributed by atoms with Gasteiger partial charge in [0, 0.05) is 13.0 Å². The number of imide groups is 2. The zero-order valence-corrected chi connectivity index (χ0v) is 15.2. The molecule has 0 radical (unpaired) electrons. The van der Waals surface area contributed by atoms with Gasteiger partial charge in [-0.2, -0.15) is 0 Å². The van der Waals surface area contributed by atoms with E-state index in [9.17, 15) is 19.2 Å². The normalized spacial score (nSPS) is 19.5. The SMILES string of the molecule is CCCn1nnnc1CN1C(=O)CCC(N2C(=O)c3ccccc3C2=O)C1=O. The van der Waals surface area contributed by atoms with E-state index in [-0.39, 0.29) is 36.4 Å². The first-order valence-electron chi connectivity index (χ1n) is 9.09. The van der Waals surface area contributed by atoms with Crippen LogP contribution in [-0.4, -0.2) is 59.7 Å². The van der Waals surface area contributed by atoms with Gasteiger partial charge in [0.2, 0.25) is 5.91 Å². The van der Waals surface area contributed by atoms with Crippen LogP contribution in [0, 0.1) is 0 Å². The van der Waals surface area contributed by atoms with E-state index in [2.05, 4.69) is 15.5 Å². The van der Waals surface area contributed by atoms with Crippen molar-refractivity contribution >= 4 is 23.6 Å². The maximum absolute atomic E-state index is 13.0. The predicted molar refractivity (Wildman–Crippen MR) is 93.6 cm³/mol. The van der Waals surface area contributed by atoms with E-state index < -0.39 is 23.8 Å². The molecule has 1 saturated heterocycles. The average Bonchev–Trinajstić information content (AvgIpc) is 3.23. The molecule has 0 saturated carbocycles. The number of benzene rings is 1. The van der Waals surface area contributed by atoms with Crippen LogP contribution in [0.25, 0.3) is 0 Å². The summed E-state index contributed by atoms with van der Waals surface area (Å²) in [5.41, 5.74) is 0.547. The standard InChI is InChI=1S/C18H18N6O4/c1-2-9-23-14(19-20-21-23)10-22-15(25)8-7-13(18(22)28)24-16(26)11-5-3-4-6-12(11)17(24)27/h3-6,13H,2,7-10H2,1H3. The van der Waals surface area contributed by atoms with E-state index in [4.69, 9.17) is 0 Å². The fourth-order valence-corrected chi connectivity index (χ4v) is 3.58. The average molecular weight is 382 g/mol. The van der Waals surface area contributed by atoms with E-state index in [1.807, 2.05) is 6.92 Å². The van der Waals surface area contributed by atoms with E-state index >= 15 is 0 Å². The number of nitrogens with zero attached hydrogens (tertiary/aromatic N) is 6. The Kier molecular flexibility index (Phi) is 4.46. The van der Waals surface area contributed by atoms with Crippen molar-refractivity contribution in [1.29, 1.82) is 0 Å². The molecule has 0 spiro atoms. The Morgan fingerprint density at radius 3 is 2.39 bits per heavy atom. The molecule has 2 aliphatic rings. The Morgan fingerprint density at radius 2 is 1.75 bits per heavy atom. The van der Waals surface area contributed by atoms with Crippen molar-refractivity contribution < 1.29 is 19.2 Å². The van der Waals surface area contributed by atoms with Gasteiger partial charge in [-0.1, -0.05) is 19.1 Å². The molecule has 0 N–H and O–H groups in total. The first kappa shape index (κ1) is 18.0. The molecular formula is C18H18N6O4. The zero-order chi connectivity index (χ0) is 19.8. The van der Waals surface area contributed by atoms with Crippen LogP contribution in [-0.2, 0) is 22.7 Å². The van der Waals surface area contributed by atoms with E-state index in [0.29, 0.717) is 12.4 Å². The molecule has 4 rings (SSSR count). The molecule has 10 heteroatoms. The van der Waals surface area contributed by atoms with Gasteiger partial charge in [-0.25, -0.2) is 4.68 Å². The van der Waals surface area contributed by atoms with Crippen LogP contribution in [0.15, 0.2) is 24.3 Å². The van der Waals surface area contributed by atoms with Gasteiger partial charge in [-0.05, 0) is 35.4 Å². The van der Waals surface area contributed by atoms with E-state index in [0.717, 1.165) is 16.2 Å². The smallest absolute Gasteiger partial charge is 0.262 e. The highest BCUT2D eigenvalue weighted by molar-refractivity contribution is 6.23. The lowest BCUT2D eigenvalue weighted by molar-refractivity contribution is -0.152. The van der Waals surface area contributed by atoms with Crippen molar-refractivity contribution in [2.45, 2.75) is 45.3 Å². The molecule has 3 heterocycles. The highest BCUT2D eigenvalue weighted by Crippen LogP contribution is 2.29. The van der Waals surface area contributed by atoms with Crippen molar-refractivity contribution in [2.75, 3.05) is 0 Å². The molecule has 2 aromatic rings. The minimum absolute atomic E-state index is 0.0547. The molecule has 0 aliphatic carbocycles. The second kappa shape index (κ2) is 6.95. The summed E-state index contributed by atoms with van der Waals surface area (Å²) < 4.78 is 1.53. The van der Waals surface area contributed by atoms with Crippen LogP contribution in [0.1, 0.15) is 52.7 Å². The first-order chi connectivity index (χ1) is 13.5. The molecule has 0 bridgehead atoms. The summed E-state index contributed by atoms with van der Waals surface area (Å²) in [5.74, 6) is -1.60. The van der Waals surface area contributed by atoms with Crippen molar-refractivity contribution in [2.24, 2.45) is 0 Å². The van der Waals surface area contributed by atoms with Crippen LogP contribution in [0.3, 0.4) is 0 Å². The maximum atomic E-state index is 13.0. The summed E-state index contributed by atoms with van der Waals surface area (Å²) in [4.78, 5) is 52.9. The van der Waals surface area contributed by atoms with Crippen LogP contribution >= 0.6 is 0 Å². The van der Waals surface area contributed by atoms with Crippen molar-refractivity contribution in [3.8, 4) is 0 Å². The highest BCUT2D eigenvalue weighted by atomic mass is 16.2. The summed E-state index contributed by atoms with van der Waals surface area (Å²) in [7, 11) is 0. The number of piperidine rings is 1. The first-order valence-corrected chi connectivity index (χ1v) is 9.09. The van der Waals surface area contributed by atoms with Crippen molar-refractivity contribution in [3.63, 3.8) is 0 Å². The van der Waals surface area contributed by atoms with Gasteiger partial charge >= 0.3 is 0 Å². The number of hydrogen-bond acceptors (Lipinski definition) is 7. The third-order valence-electron chi connectivity index (χ3n) is 4.96. The fraction of sp³-hybridized carbons (Fsp3) is 0.389. The van der Waals surface area contributed by atoms with Gasteiger partial charge in [0.05, 0.1) is 17.7 Å². The van der Waals surface area contributed by atoms with Crippen LogP contribution in [0.2, 0.25) is 0 Å². The number of rotatable bonds is 5. The quantitative estimate of drug-likeness (QED) is 0.687. The number of carbonyl (C=O) groups is 4. The molecule has 144 valence electrons. The number of aromatic nitrogens is 4. The number of aryl methyl sites for hydroxylation is 1. The summed E-state index contributed by atoms with van der Waals surface area (Å²) in [6, 6.07) is 5.44. The Hall–Kier alpha value is -3.43. The lowest BCUT2D eigenvalue weighted by Gasteiger charge is -2.34. The lowest BCUT2D eigenvalue weighted by atomic mass is 10.0. The van der Waals surface area contributed by atoms with Crippen molar-refractivity contribution in [1.82, 2.24) is 30.0 Å². The Balaban J connectivity index is 1.60. The van der Waals surface area contributed by atoms with Crippen molar-refractivity contribution in [3.05, 3.63) is 41.2 Å². The second-order valence-electron chi connectivity index (χ2n) is 6.72. The van der Waals surface area contributed by atoms with Gasteiger partial charge in [-0.15, -0.1) is 5.10 Å². The summed E-state index contributed by atoms with van der Waals surface area (Å²) >= 11 is 0. The maximum Gasteiger partial charge on any atom is 0.262 e. The molecule has 10 nitrogen and oxygen atoms in total. The molecule has 1 unspecified atom stereocenters. The van der Waals surface area contributed by atoms with Gasteiger partial charge in [0.1, 0.15) is 6.04 Å². The number of hydrogen-bond donors (Lipinski definition) is 0. The van der Waals surface area contributed by atoms with Gasteiger partial charge in [-0.3, -0.25) is 29.0 Å². The molecule has 4 amide bonds. The third-order valence-corrected chi connectivity index (χ3v) is 4.96. The molecule has 1 aromatic heterocycles. The zero-order valence-electron chi connectivity index (χ0n) is 15.2. The molecular weight excluding hydrogens is 364 g/mol. The molecule has 2 aliphatic heterocycles. The topological polar surface area (TPSA) is 118 Å². The molecule has 1 aromatic carbocycles. The Morgan fingerprint density at radius 1 is 1.07 bits per heavy atom. The van der Waals surface area contributed by atoms with Crippen LogP contribution in [0.5, 0.6) is 0 Å². The van der Waals surface area contributed by atoms with Gasteiger partial charge < -0.3 is 0 Å². The number of likely N-dealkylation sites (tertiary alicyclic amines) is 1. The fourth-order valence-electron chi connectivity index (χ4n) is 3.58. The minimum atomic E-state index is -1.01. The van der Waals surface area contributed by atoms with Gasteiger partial charge in [0.15, 0.2) is 5.82 Å². The number of fused-ring (bicyclic) bond motifs is 1. The summed E-state index contributed by atoms with van der Waals surface area (Å²) in [5, 5.41) is 11.3. The Labute approximate surface area is 160 Å². The van der Waals surface area contributed by atoms with Crippen LogP contribution < -0.4 is 0 Å². The molecule has 1 atom stereocenters. The third kappa shape index (κ3) is 2.77. The van der Waals surface area contributed by atoms with E-state index in [1.54, 1.807) is 24.3 Å². The Bertz CT molecular complexity index is 949. The largest absolute Gasteiger partial charge is 0.274 e. The summed E-state index contributed by atoms with van der Waals surface area (Å²) in [6.45, 7) is 2.42. The predicted octanol–water partition coefficient (Wildman–Crippen LogP) is 0.397. The monoisotopic (exact) mass is 382 g/mol.